The lowest BCUT2D eigenvalue weighted by atomic mass is 10.1. The number of amides is 2. The minimum absolute atomic E-state index is 0.0128. The van der Waals surface area contributed by atoms with E-state index in [0.29, 0.717) is 30.0 Å². The van der Waals surface area contributed by atoms with Crippen LogP contribution in [0.1, 0.15) is 56.3 Å². The Morgan fingerprint density at radius 3 is 2.72 bits per heavy atom. The van der Waals surface area contributed by atoms with Crippen LogP contribution in [0.5, 0.6) is 5.75 Å². The van der Waals surface area contributed by atoms with E-state index in [-0.39, 0.29) is 30.7 Å². The minimum Gasteiger partial charge on any atom is -0.482 e. The van der Waals surface area contributed by atoms with Crippen molar-refractivity contribution in [2.45, 2.75) is 46.0 Å². The standard InChI is InChI=1S/C19H26N2O4/c1-3-5-6-7-10-20-18(23)12-21-15-11-14(16(22)4-2)8-9-17(15)25-13-19(21)24/h8-9,11H,3-7,10,12-13H2,1-2H3,(H,20,23). The summed E-state index contributed by atoms with van der Waals surface area (Å²) in [4.78, 5) is 37.7. The molecule has 1 N–H and O–H groups in total. The molecule has 0 saturated heterocycles. The van der Waals surface area contributed by atoms with Gasteiger partial charge in [-0.3, -0.25) is 19.3 Å². The average molecular weight is 346 g/mol. The third-order valence-corrected chi connectivity index (χ3v) is 4.20. The normalized spacial score (nSPS) is 13.2. The van der Waals surface area contributed by atoms with Crippen LogP contribution in [0.15, 0.2) is 18.2 Å². The van der Waals surface area contributed by atoms with Gasteiger partial charge in [0.15, 0.2) is 12.4 Å². The van der Waals surface area contributed by atoms with Gasteiger partial charge in [0.05, 0.1) is 5.69 Å². The lowest BCUT2D eigenvalue weighted by Gasteiger charge is -2.29. The summed E-state index contributed by atoms with van der Waals surface area (Å²) in [5.41, 5.74) is 1.00. The maximum Gasteiger partial charge on any atom is 0.265 e. The molecule has 6 heteroatoms. The third kappa shape index (κ3) is 5.05. The second kappa shape index (κ2) is 9.20. The molecule has 0 aliphatic carbocycles. The van der Waals surface area contributed by atoms with Crippen LogP contribution in [0.4, 0.5) is 5.69 Å². The first-order valence-corrected chi connectivity index (χ1v) is 8.94. The molecule has 0 fully saturated rings. The van der Waals surface area contributed by atoms with Crippen molar-refractivity contribution in [3.8, 4) is 5.75 Å². The van der Waals surface area contributed by atoms with Crippen LogP contribution in [-0.2, 0) is 9.59 Å². The smallest absolute Gasteiger partial charge is 0.265 e. The lowest BCUT2D eigenvalue weighted by molar-refractivity contribution is -0.125. The Hall–Kier alpha value is -2.37. The topological polar surface area (TPSA) is 75.7 Å². The van der Waals surface area contributed by atoms with E-state index >= 15 is 0 Å². The lowest BCUT2D eigenvalue weighted by Crippen LogP contribution is -2.45. The number of nitrogens with zero attached hydrogens (tertiary/aromatic N) is 1. The number of benzene rings is 1. The van der Waals surface area contributed by atoms with Gasteiger partial charge in [-0.15, -0.1) is 0 Å². The summed E-state index contributed by atoms with van der Waals surface area (Å²) in [7, 11) is 0. The van der Waals surface area contributed by atoms with Crippen molar-refractivity contribution in [1.82, 2.24) is 5.32 Å². The molecule has 0 spiro atoms. The summed E-state index contributed by atoms with van der Waals surface area (Å²) < 4.78 is 5.41. The van der Waals surface area contributed by atoms with Crippen LogP contribution in [0, 0.1) is 0 Å². The van der Waals surface area contributed by atoms with Gasteiger partial charge in [0.25, 0.3) is 5.91 Å². The molecule has 1 aliphatic rings. The molecule has 0 radical (unpaired) electrons. The Labute approximate surface area is 148 Å². The molecule has 0 saturated carbocycles. The number of nitrogens with one attached hydrogen (secondary N) is 1. The average Bonchev–Trinajstić information content (AvgIpc) is 2.62. The molecular formula is C19H26N2O4. The van der Waals surface area contributed by atoms with Gasteiger partial charge in [0, 0.05) is 18.5 Å². The summed E-state index contributed by atoms with van der Waals surface area (Å²) in [5.74, 6) is 0.0174. The monoisotopic (exact) mass is 346 g/mol. The van der Waals surface area contributed by atoms with Crippen molar-refractivity contribution in [2.24, 2.45) is 0 Å². The molecule has 1 heterocycles. The van der Waals surface area contributed by atoms with Gasteiger partial charge in [-0.2, -0.15) is 0 Å². The predicted molar refractivity (Wildman–Crippen MR) is 96.1 cm³/mol. The zero-order valence-corrected chi connectivity index (χ0v) is 15.0. The summed E-state index contributed by atoms with van der Waals surface area (Å²) in [6.45, 7) is 4.37. The molecule has 1 aliphatic heterocycles. The fourth-order valence-electron chi connectivity index (χ4n) is 2.73. The molecule has 1 aromatic carbocycles. The van der Waals surface area contributed by atoms with Crippen molar-refractivity contribution >= 4 is 23.3 Å². The Bertz CT molecular complexity index is 642. The summed E-state index contributed by atoms with van der Waals surface area (Å²) in [5, 5.41) is 2.85. The quantitative estimate of drug-likeness (QED) is 0.551. The highest BCUT2D eigenvalue weighted by atomic mass is 16.5. The van der Waals surface area contributed by atoms with Crippen molar-refractivity contribution in [1.29, 1.82) is 0 Å². The van der Waals surface area contributed by atoms with Gasteiger partial charge in [-0.05, 0) is 24.6 Å². The summed E-state index contributed by atoms with van der Waals surface area (Å²) in [6, 6.07) is 5.00. The van der Waals surface area contributed by atoms with E-state index in [1.807, 2.05) is 0 Å². The number of ether oxygens (including phenoxy) is 1. The van der Waals surface area contributed by atoms with Crippen LogP contribution in [0.3, 0.4) is 0 Å². The van der Waals surface area contributed by atoms with Crippen LogP contribution < -0.4 is 15.0 Å². The molecule has 0 bridgehead atoms. The van der Waals surface area contributed by atoms with Crippen molar-refractivity contribution in [3.63, 3.8) is 0 Å². The molecule has 2 amide bonds. The number of carbonyl (C=O) groups is 3. The zero-order chi connectivity index (χ0) is 18.2. The van der Waals surface area contributed by atoms with E-state index in [1.54, 1.807) is 25.1 Å². The first-order chi connectivity index (χ1) is 12.1. The first kappa shape index (κ1) is 19.0. The van der Waals surface area contributed by atoms with Gasteiger partial charge in [-0.1, -0.05) is 33.1 Å². The van der Waals surface area contributed by atoms with Crippen molar-refractivity contribution < 1.29 is 19.1 Å². The van der Waals surface area contributed by atoms with Crippen LogP contribution >= 0.6 is 0 Å². The SMILES string of the molecule is CCCCCCNC(=O)CN1C(=O)COc2ccc(C(=O)CC)cc21. The fraction of sp³-hybridized carbons (Fsp3) is 0.526. The molecule has 0 aromatic heterocycles. The third-order valence-electron chi connectivity index (χ3n) is 4.20. The van der Waals surface area contributed by atoms with Crippen LogP contribution in [0.2, 0.25) is 0 Å². The highest BCUT2D eigenvalue weighted by Crippen LogP contribution is 2.33. The van der Waals surface area contributed by atoms with E-state index in [4.69, 9.17) is 4.74 Å². The van der Waals surface area contributed by atoms with E-state index in [0.717, 1.165) is 25.7 Å². The maximum atomic E-state index is 12.2. The zero-order valence-electron chi connectivity index (χ0n) is 15.0. The molecule has 136 valence electrons. The Morgan fingerprint density at radius 2 is 2.00 bits per heavy atom. The van der Waals surface area contributed by atoms with E-state index in [1.165, 1.54) is 4.90 Å². The summed E-state index contributed by atoms with van der Waals surface area (Å²) >= 11 is 0. The van der Waals surface area contributed by atoms with Gasteiger partial charge >= 0.3 is 0 Å². The van der Waals surface area contributed by atoms with Gasteiger partial charge in [0.2, 0.25) is 5.91 Å². The number of ketones is 1. The van der Waals surface area contributed by atoms with E-state index in [2.05, 4.69) is 12.2 Å². The highest BCUT2D eigenvalue weighted by Gasteiger charge is 2.28. The Morgan fingerprint density at radius 1 is 1.20 bits per heavy atom. The van der Waals surface area contributed by atoms with Crippen LogP contribution in [0.25, 0.3) is 0 Å². The van der Waals surface area contributed by atoms with Crippen molar-refractivity contribution in [3.05, 3.63) is 23.8 Å². The summed E-state index contributed by atoms with van der Waals surface area (Å²) in [6.07, 6.45) is 4.69. The number of hydrogen-bond acceptors (Lipinski definition) is 4. The minimum atomic E-state index is -0.283. The number of Topliss-reactive ketones (excluding diaryl/α,β-unsaturated/α-hetero) is 1. The molecule has 25 heavy (non-hydrogen) atoms. The number of carbonyl (C=O) groups excluding carboxylic acids is 3. The Balaban J connectivity index is 2.04. The number of anilines is 1. The molecule has 1 aromatic rings. The van der Waals surface area contributed by atoms with Gasteiger partial charge in [-0.25, -0.2) is 0 Å². The number of unbranched alkanes of at least 4 members (excludes halogenated alkanes) is 3. The van der Waals surface area contributed by atoms with Crippen LogP contribution in [-0.4, -0.2) is 37.3 Å². The maximum absolute atomic E-state index is 12.2. The number of hydrogen-bond donors (Lipinski definition) is 1. The fourth-order valence-corrected chi connectivity index (χ4v) is 2.73. The van der Waals surface area contributed by atoms with Gasteiger partial charge < -0.3 is 10.1 Å². The first-order valence-electron chi connectivity index (χ1n) is 8.94. The molecular weight excluding hydrogens is 320 g/mol. The van der Waals surface area contributed by atoms with Crippen molar-refractivity contribution in [2.75, 3.05) is 24.6 Å². The predicted octanol–water partition coefficient (Wildman–Crippen LogP) is 2.70. The highest BCUT2D eigenvalue weighted by molar-refractivity contribution is 6.04. The number of fused-ring (bicyclic) bond motifs is 1. The second-order valence-corrected chi connectivity index (χ2v) is 6.14. The second-order valence-electron chi connectivity index (χ2n) is 6.14. The molecule has 6 nitrogen and oxygen atoms in total. The Kier molecular flexibility index (Phi) is 6.98. The number of rotatable bonds is 9. The largest absolute Gasteiger partial charge is 0.482 e. The van der Waals surface area contributed by atoms with E-state index < -0.39 is 0 Å². The molecule has 0 unspecified atom stereocenters. The van der Waals surface area contributed by atoms with Gasteiger partial charge in [0.1, 0.15) is 12.3 Å². The van der Waals surface area contributed by atoms with E-state index in [9.17, 15) is 14.4 Å². The molecule has 2 rings (SSSR count). The molecule has 0 atom stereocenters.